The number of pyridine rings is 1. The summed E-state index contributed by atoms with van der Waals surface area (Å²) >= 11 is 0. The highest BCUT2D eigenvalue weighted by Gasteiger charge is 2.27. The molecule has 126 valence electrons. The van der Waals surface area contributed by atoms with Crippen molar-refractivity contribution in [1.29, 1.82) is 0 Å². The Hall–Kier alpha value is -3.55. The molecule has 0 N–H and O–H groups in total. The number of hydrogen-bond donors (Lipinski definition) is 0. The fourth-order valence-electron chi connectivity index (χ4n) is 2.45. The number of carbonyl (C=O) groups is 2. The molecule has 0 unspecified atom stereocenters. The van der Waals surface area contributed by atoms with Gasteiger partial charge in [0.25, 0.3) is 11.5 Å². The number of nitrogens with zero attached hydrogens (tertiary/aromatic N) is 3. The van der Waals surface area contributed by atoms with Crippen LogP contribution in [0.4, 0.5) is 5.69 Å². The number of non-ortho nitro benzene ring substituents is 1. The summed E-state index contributed by atoms with van der Waals surface area (Å²) in [6, 6.07) is 10.8. The van der Waals surface area contributed by atoms with Crippen molar-refractivity contribution in [2.24, 2.45) is 0 Å². The summed E-state index contributed by atoms with van der Waals surface area (Å²) < 4.78 is 6.29. The van der Waals surface area contributed by atoms with Gasteiger partial charge in [-0.25, -0.2) is 9.78 Å². The Labute approximate surface area is 141 Å². The van der Waals surface area contributed by atoms with Crippen molar-refractivity contribution in [2.75, 3.05) is 6.61 Å². The molecule has 1 aromatic carbocycles. The van der Waals surface area contributed by atoms with Gasteiger partial charge in [-0.05, 0) is 31.2 Å². The zero-order valence-electron chi connectivity index (χ0n) is 13.2. The van der Waals surface area contributed by atoms with Crippen LogP contribution in [-0.2, 0) is 9.53 Å². The van der Waals surface area contributed by atoms with Crippen molar-refractivity contribution in [1.82, 2.24) is 9.38 Å². The lowest BCUT2D eigenvalue weighted by Gasteiger charge is -2.04. The summed E-state index contributed by atoms with van der Waals surface area (Å²) in [6.07, 6.45) is 1.61. The van der Waals surface area contributed by atoms with Gasteiger partial charge in [-0.1, -0.05) is 6.07 Å². The SMILES string of the molecule is CCOC(=O)C(=O)c1c(-c2ccc([N+](=O)[O-])cc2)nc2ccccn12. The van der Waals surface area contributed by atoms with Gasteiger partial charge in [-0.3, -0.25) is 19.3 Å². The van der Waals surface area contributed by atoms with E-state index in [1.165, 1.54) is 28.7 Å². The van der Waals surface area contributed by atoms with Crippen molar-refractivity contribution in [3.63, 3.8) is 0 Å². The summed E-state index contributed by atoms with van der Waals surface area (Å²) in [6.45, 7) is 1.69. The zero-order chi connectivity index (χ0) is 18.0. The number of benzene rings is 1. The minimum absolute atomic E-state index is 0.0582. The first-order valence-electron chi connectivity index (χ1n) is 7.46. The van der Waals surface area contributed by atoms with E-state index in [0.717, 1.165) is 0 Å². The number of ketones is 1. The highest BCUT2D eigenvalue weighted by molar-refractivity contribution is 6.41. The minimum atomic E-state index is -0.976. The zero-order valence-corrected chi connectivity index (χ0v) is 13.2. The Morgan fingerprint density at radius 2 is 1.92 bits per heavy atom. The predicted molar refractivity (Wildman–Crippen MR) is 88.2 cm³/mol. The smallest absolute Gasteiger partial charge is 0.381 e. The highest BCUT2D eigenvalue weighted by Crippen LogP contribution is 2.27. The number of ether oxygens (including phenoxy) is 1. The number of esters is 1. The number of carbonyl (C=O) groups excluding carboxylic acids is 2. The van der Waals surface area contributed by atoms with E-state index in [1.807, 2.05) is 0 Å². The van der Waals surface area contributed by atoms with Crippen LogP contribution in [0, 0.1) is 10.1 Å². The molecule has 3 aromatic rings. The Morgan fingerprint density at radius 1 is 1.20 bits per heavy atom. The second-order valence-corrected chi connectivity index (χ2v) is 5.09. The first-order valence-corrected chi connectivity index (χ1v) is 7.46. The molecule has 0 aliphatic heterocycles. The number of aromatic nitrogens is 2. The molecule has 0 amide bonds. The van der Waals surface area contributed by atoms with E-state index in [1.54, 1.807) is 31.3 Å². The van der Waals surface area contributed by atoms with Gasteiger partial charge >= 0.3 is 5.97 Å². The van der Waals surface area contributed by atoms with Crippen LogP contribution < -0.4 is 0 Å². The van der Waals surface area contributed by atoms with Crippen LogP contribution in [0.2, 0.25) is 0 Å². The normalized spacial score (nSPS) is 10.6. The van der Waals surface area contributed by atoms with E-state index in [9.17, 15) is 19.7 Å². The van der Waals surface area contributed by atoms with Gasteiger partial charge < -0.3 is 4.74 Å². The van der Waals surface area contributed by atoms with Crippen LogP contribution in [0.3, 0.4) is 0 Å². The molecule has 8 heteroatoms. The number of fused-ring (bicyclic) bond motifs is 1. The monoisotopic (exact) mass is 339 g/mol. The molecule has 0 fully saturated rings. The molecule has 0 radical (unpaired) electrons. The molecule has 0 saturated heterocycles. The molecule has 8 nitrogen and oxygen atoms in total. The lowest BCUT2D eigenvalue weighted by molar-refractivity contribution is -0.384. The Bertz CT molecular complexity index is 976. The van der Waals surface area contributed by atoms with E-state index in [2.05, 4.69) is 4.98 Å². The average Bonchev–Trinajstić information content (AvgIpc) is 3.00. The van der Waals surface area contributed by atoms with Gasteiger partial charge in [0.15, 0.2) is 0 Å². The third-order valence-electron chi connectivity index (χ3n) is 3.56. The first kappa shape index (κ1) is 16.3. The van der Waals surface area contributed by atoms with Gasteiger partial charge in [-0.15, -0.1) is 0 Å². The minimum Gasteiger partial charge on any atom is -0.460 e. The summed E-state index contributed by atoms with van der Waals surface area (Å²) in [5.41, 5.74) is 1.21. The van der Waals surface area contributed by atoms with Crippen LogP contribution in [-0.4, -0.2) is 32.7 Å². The number of imidazole rings is 1. The molecule has 0 atom stereocenters. The molecular formula is C17H13N3O5. The molecule has 0 spiro atoms. The Morgan fingerprint density at radius 3 is 2.56 bits per heavy atom. The lowest BCUT2D eigenvalue weighted by Crippen LogP contribution is -2.20. The second kappa shape index (κ2) is 6.52. The van der Waals surface area contributed by atoms with Crippen LogP contribution in [0.15, 0.2) is 48.7 Å². The molecular weight excluding hydrogens is 326 g/mol. The number of rotatable bonds is 5. The molecule has 0 saturated carbocycles. The number of nitro groups is 1. The number of nitro benzene ring substituents is 1. The topological polar surface area (TPSA) is 104 Å². The fourth-order valence-corrected chi connectivity index (χ4v) is 2.45. The van der Waals surface area contributed by atoms with Crippen molar-refractivity contribution < 1.29 is 19.2 Å². The van der Waals surface area contributed by atoms with Crippen LogP contribution >= 0.6 is 0 Å². The van der Waals surface area contributed by atoms with Gasteiger partial charge in [0.2, 0.25) is 0 Å². The highest BCUT2D eigenvalue weighted by atomic mass is 16.6. The summed E-state index contributed by atoms with van der Waals surface area (Å²) in [4.78, 5) is 39.1. The fraction of sp³-hybridized carbons (Fsp3) is 0.118. The quantitative estimate of drug-likeness (QED) is 0.233. The van der Waals surface area contributed by atoms with E-state index in [4.69, 9.17) is 4.74 Å². The van der Waals surface area contributed by atoms with Gasteiger partial charge in [0.1, 0.15) is 17.0 Å². The summed E-state index contributed by atoms with van der Waals surface area (Å²) in [5.74, 6) is -1.80. The maximum absolute atomic E-state index is 12.5. The standard InChI is InChI=1S/C17H13N3O5/c1-2-25-17(22)16(21)15-14(18-13-5-3-4-10-19(13)15)11-6-8-12(9-7-11)20(23)24/h3-10H,2H2,1H3. The Kier molecular flexibility index (Phi) is 4.25. The average molecular weight is 339 g/mol. The lowest BCUT2D eigenvalue weighted by atomic mass is 10.1. The summed E-state index contributed by atoms with van der Waals surface area (Å²) in [5, 5.41) is 10.8. The van der Waals surface area contributed by atoms with Crippen LogP contribution in [0.1, 0.15) is 17.4 Å². The van der Waals surface area contributed by atoms with Gasteiger partial charge in [0, 0.05) is 23.9 Å². The van der Waals surface area contributed by atoms with Crippen molar-refractivity contribution in [2.45, 2.75) is 6.92 Å². The Balaban J connectivity index is 2.17. The van der Waals surface area contributed by atoms with Gasteiger partial charge in [-0.2, -0.15) is 0 Å². The molecule has 2 heterocycles. The molecule has 2 aromatic heterocycles. The largest absolute Gasteiger partial charge is 0.460 e. The third-order valence-corrected chi connectivity index (χ3v) is 3.56. The van der Waals surface area contributed by atoms with E-state index in [-0.39, 0.29) is 23.7 Å². The van der Waals surface area contributed by atoms with Crippen molar-refractivity contribution in [3.8, 4) is 11.3 Å². The molecule has 25 heavy (non-hydrogen) atoms. The van der Waals surface area contributed by atoms with Crippen molar-refractivity contribution >= 4 is 23.1 Å². The first-order chi connectivity index (χ1) is 12.0. The number of hydrogen-bond acceptors (Lipinski definition) is 6. The molecule has 0 aliphatic rings. The van der Waals surface area contributed by atoms with E-state index < -0.39 is 16.7 Å². The maximum Gasteiger partial charge on any atom is 0.381 e. The molecule has 0 aliphatic carbocycles. The predicted octanol–water partition coefficient (Wildman–Crippen LogP) is 2.66. The third kappa shape index (κ3) is 2.97. The number of Topliss-reactive ketones (excluding diaryl/α,β-unsaturated/α-hetero) is 1. The maximum atomic E-state index is 12.5. The van der Waals surface area contributed by atoms with Crippen LogP contribution in [0.5, 0.6) is 0 Å². The molecule has 0 bridgehead atoms. The van der Waals surface area contributed by atoms with E-state index in [0.29, 0.717) is 11.2 Å². The van der Waals surface area contributed by atoms with E-state index >= 15 is 0 Å². The summed E-state index contributed by atoms with van der Waals surface area (Å²) in [7, 11) is 0. The second-order valence-electron chi connectivity index (χ2n) is 5.09. The van der Waals surface area contributed by atoms with Crippen LogP contribution in [0.25, 0.3) is 16.9 Å². The van der Waals surface area contributed by atoms with Gasteiger partial charge in [0.05, 0.1) is 11.5 Å². The van der Waals surface area contributed by atoms with Crippen molar-refractivity contribution in [3.05, 3.63) is 64.5 Å². The molecule has 3 rings (SSSR count).